The highest BCUT2D eigenvalue weighted by atomic mass is 32.2. The van der Waals surface area contributed by atoms with Gasteiger partial charge in [-0.2, -0.15) is 0 Å². The summed E-state index contributed by atoms with van der Waals surface area (Å²) in [6, 6.07) is 27.1. The van der Waals surface area contributed by atoms with Crippen LogP contribution >= 0.6 is 35.3 Å². The molecule has 0 N–H and O–H groups in total. The van der Waals surface area contributed by atoms with Crippen LogP contribution in [0.2, 0.25) is 0 Å². The number of hydrogen-bond donors (Lipinski definition) is 0. The summed E-state index contributed by atoms with van der Waals surface area (Å²) in [5.41, 5.74) is 1.90. The molecule has 4 aromatic carbocycles. The zero-order valence-electron chi connectivity index (χ0n) is 27.2. The third kappa shape index (κ3) is 5.88. The Bertz CT molecular complexity index is 2280. The minimum atomic E-state index is -0.653. The van der Waals surface area contributed by atoms with Crippen LogP contribution in [0.5, 0.6) is 0 Å². The molecule has 14 heteroatoms. The highest BCUT2D eigenvalue weighted by Gasteiger charge is 2.49. The summed E-state index contributed by atoms with van der Waals surface area (Å²) in [6.07, 6.45) is 4.68. The molecule has 52 heavy (non-hydrogen) atoms. The highest BCUT2D eigenvalue weighted by molar-refractivity contribution is 8.01. The second kappa shape index (κ2) is 13.5. The van der Waals surface area contributed by atoms with Crippen molar-refractivity contribution in [2.24, 2.45) is 11.8 Å². The smallest absolute Gasteiger partial charge is 0.274 e. The second-order valence-corrected chi connectivity index (χ2v) is 15.2. The van der Waals surface area contributed by atoms with Gasteiger partial charge in [0, 0.05) is 6.07 Å². The summed E-state index contributed by atoms with van der Waals surface area (Å²) < 4.78 is 1.26. The van der Waals surface area contributed by atoms with Crippen LogP contribution in [0, 0.1) is 22.0 Å². The number of carbonyl (C=O) groups is 4. The lowest BCUT2D eigenvalue weighted by molar-refractivity contribution is -0.387. The van der Waals surface area contributed by atoms with Gasteiger partial charge in [-0.05, 0) is 85.2 Å². The first-order chi connectivity index (χ1) is 25.2. The van der Waals surface area contributed by atoms with E-state index in [4.69, 9.17) is 12.2 Å². The van der Waals surface area contributed by atoms with Crippen LogP contribution in [-0.2, 0) is 19.2 Å². The van der Waals surface area contributed by atoms with E-state index in [9.17, 15) is 29.3 Å². The van der Waals surface area contributed by atoms with Crippen molar-refractivity contribution in [1.82, 2.24) is 4.98 Å². The van der Waals surface area contributed by atoms with E-state index in [1.54, 1.807) is 91.0 Å². The Labute approximate surface area is 310 Å². The molecule has 1 saturated carbocycles. The quantitative estimate of drug-likeness (QED) is 0.0409. The SMILES string of the molecule is O=C1C(=Cc2ccc(Sc3nc4ccc(N5C(=O)[C@H]6CCCC[C@@H]6C5=O)cc4s3)c([N+](=O)[O-])c2)C(=O)N(c2ccccc2)C(=S)N1c1ccccc1. The van der Waals surface area contributed by atoms with Gasteiger partial charge in [0.25, 0.3) is 17.5 Å². The monoisotopic (exact) mass is 745 g/mol. The second-order valence-electron chi connectivity index (χ2n) is 12.5. The number of thiazole rings is 1. The number of carbonyl (C=O) groups excluding carboxylic acids is 4. The maximum atomic E-state index is 13.9. The summed E-state index contributed by atoms with van der Waals surface area (Å²) >= 11 is 8.07. The zero-order valence-corrected chi connectivity index (χ0v) is 29.7. The molecule has 1 aromatic heterocycles. The van der Waals surface area contributed by atoms with E-state index in [2.05, 4.69) is 4.98 Å². The largest absolute Gasteiger partial charge is 0.283 e. The summed E-state index contributed by atoms with van der Waals surface area (Å²) in [7, 11) is 0. The number of benzene rings is 4. The lowest BCUT2D eigenvalue weighted by atomic mass is 9.81. The highest BCUT2D eigenvalue weighted by Crippen LogP contribution is 2.43. The summed E-state index contributed by atoms with van der Waals surface area (Å²) in [6.45, 7) is 0. The third-order valence-electron chi connectivity index (χ3n) is 9.42. The van der Waals surface area contributed by atoms with E-state index < -0.39 is 16.7 Å². The molecule has 5 aromatic rings. The van der Waals surface area contributed by atoms with Gasteiger partial charge in [0.1, 0.15) is 5.57 Å². The van der Waals surface area contributed by atoms with Gasteiger partial charge in [0.15, 0.2) is 9.45 Å². The van der Waals surface area contributed by atoms with Crippen molar-refractivity contribution >= 4 is 103 Å². The van der Waals surface area contributed by atoms with Crippen molar-refractivity contribution in [1.29, 1.82) is 0 Å². The molecule has 1 aliphatic carbocycles. The number of imide groups is 1. The fraction of sp³-hybridized carbons (Fsp3) is 0.158. The fourth-order valence-electron chi connectivity index (χ4n) is 6.94. The molecule has 3 fully saturated rings. The molecule has 11 nitrogen and oxygen atoms in total. The topological polar surface area (TPSA) is 134 Å². The van der Waals surface area contributed by atoms with Gasteiger partial charge in [-0.15, -0.1) is 11.3 Å². The van der Waals surface area contributed by atoms with E-state index in [-0.39, 0.29) is 45.6 Å². The average Bonchev–Trinajstić information content (AvgIpc) is 3.67. The number of aromatic nitrogens is 1. The van der Waals surface area contributed by atoms with Gasteiger partial charge in [0.05, 0.1) is 48.9 Å². The molecule has 2 atom stereocenters. The van der Waals surface area contributed by atoms with Crippen molar-refractivity contribution in [2.45, 2.75) is 34.9 Å². The van der Waals surface area contributed by atoms with E-state index >= 15 is 0 Å². The zero-order chi connectivity index (χ0) is 36.1. The van der Waals surface area contributed by atoms with E-state index in [0.717, 1.165) is 42.1 Å². The normalized spacial score (nSPS) is 19.1. The standard InChI is InChI=1S/C38H27N5O6S3/c44-33-26-13-7-8-14-27(26)34(45)40(33)25-16-17-29-32(21-25)52-37(39-29)51-31-18-15-22(20-30(31)43(48)49)19-28-35(46)41(23-9-3-1-4-10-23)38(50)42(36(28)47)24-11-5-2-6-12-24/h1-6,9-12,15-21,26-27H,7-8,13-14H2/t26-,27-/m0/s1. The first-order valence-electron chi connectivity index (χ1n) is 16.5. The summed E-state index contributed by atoms with van der Waals surface area (Å²) in [5, 5.41) is 12.3. The number of hydrogen-bond acceptors (Lipinski definition) is 10. The molecule has 0 spiro atoms. The number of para-hydroxylation sites is 2. The molecule has 0 radical (unpaired) electrons. The minimum absolute atomic E-state index is 0.0122. The van der Waals surface area contributed by atoms with Gasteiger partial charge in [-0.25, -0.2) is 4.98 Å². The van der Waals surface area contributed by atoms with Crippen LogP contribution in [0.3, 0.4) is 0 Å². The number of amides is 4. The van der Waals surface area contributed by atoms with Crippen LogP contribution in [0.25, 0.3) is 16.3 Å². The van der Waals surface area contributed by atoms with Gasteiger partial charge in [0.2, 0.25) is 11.8 Å². The van der Waals surface area contributed by atoms with Crippen molar-refractivity contribution in [3.05, 3.63) is 118 Å². The molecular weight excluding hydrogens is 719 g/mol. The van der Waals surface area contributed by atoms with Crippen LogP contribution in [0.15, 0.2) is 112 Å². The molecule has 0 bridgehead atoms. The van der Waals surface area contributed by atoms with Crippen molar-refractivity contribution in [3.8, 4) is 0 Å². The molecule has 2 saturated heterocycles. The number of nitro benzene ring substituents is 1. The number of fused-ring (bicyclic) bond motifs is 2. The van der Waals surface area contributed by atoms with E-state index in [1.807, 2.05) is 0 Å². The van der Waals surface area contributed by atoms with Crippen molar-refractivity contribution < 1.29 is 24.1 Å². The van der Waals surface area contributed by atoms with Crippen LogP contribution in [0.4, 0.5) is 22.7 Å². The van der Waals surface area contributed by atoms with Crippen molar-refractivity contribution in [3.63, 3.8) is 0 Å². The van der Waals surface area contributed by atoms with Crippen LogP contribution < -0.4 is 14.7 Å². The minimum Gasteiger partial charge on any atom is -0.274 e. The Balaban J connectivity index is 1.10. The molecule has 3 aliphatic rings. The predicted molar refractivity (Wildman–Crippen MR) is 203 cm³/mol. The fourth-order valence-corrected chi connectivity index (χ4v) is 9.46. The molecule has 2 aliphatic heterocycles. The number of nitrogens with zero attached hydrogens (tertiary/aromatic N) is 5. The first-order valence-corrected chi connectivity index (χ1v) is 18.5. The molecule has 258 valence electrons. The third-order valence-corrected chi connectivity index (χ3v) is 11.9. The Kier molecular flexibility index (Phi) is 8.73. The number of thiocarbonyl (C=S) groups is 1. The summed E-state index contributed by atoms with van der Waals surface area (Å²) in [4.78, 5) is 74.8. The maximum absolute atomic E-state index is 13.9. The Morgan fingerprint density at radius 2 is 1.37 bits per heavy atom. The molecular formula is C38H27N5O6S3. The Morgan fingerprint density at radius 1 is 0.769 bits per heavy atom. The molecule has 0 unspecified atom stereocenters. The molecule has 4 amide bonds. The van der Waals surface area contributed by atoms with E-state index in [0.29, 0.717) is 31.8 Å². The number of anilines is 3. The van der Waals surface area contributed by atoms with Gasteiger partial charge in [-0.3, -0.25) is 44.0 Å². The maximum Gasteiger partial charge on any atom is 0.283 e. The lowest BCUT2D eigenvalue weighted by Crippen LogP contribution is -2.56. The predicted octanol–water partition coefficient (Wildman–Crippen LogP) is 7.78. The number of nitro groups is 1. The van der Waals surface area contributed by atoms with E-state index in [1.165, 1.54) is 38.2 Å². The van der Waals surface area contributed by atoms with Gasteiger partial charge < -0.3 is 0 Å². The Morgan fingerprint density at radius 3 is 1.94 bits per heavy atom. The van der Waals surface area contributed by atoms with Gasteiger partial charge in [-0.1, -0.05) is 67.1 Å². The Hall–Kier alpha value is -5.57. The summed E-state index contributed by atoms with van der Waals surface area (Å²) in [5.74, 6) is -2.14. The van der Waals surface area contributed by atoms with Crippen molar-refractivity contribution in [2.75, 3.05) is 14.7 Å². The average molecular weight is 746 g/mol. The molecule has 8 rings (SSSR count). The number of rotatable bonds is 7. The lowest BCUT2D eigenvalue weighted by Gasteiger charge is -2.36. The van der Waals surface area contributed by atoms with Crippen LogP contribution in [0.1, 0.15) is 31.2 Å². The first kappa shape index (κ1) is 33.6. The molecule has 3 heterocycles. The van der Waals surface area contributed by atoms with Crippen LogP contribution in [-0.4, -0.2) is 38.6 Å². The van der Waals surface area contributed by atoms with Gasteiger partial charge >= 0.3 is 0 Å².